The fourth-order valence-corrected chi connectivity index (χ4v) is 6.52. The minimum atomic E-state index is 0.310. The van der Waals surface area contributed by atoms with Gasteiger partial charge in [-0.05, 0) is 84.3 Å². The first kappa shape index (κ1) is 22.1. The maximum absolute atomic E-state index is 4.89. The van der Waals surface area contributed by atoms with Gasteiger partial charge in [0.15, 0.2) is 11.5 Å². The van der Waals surface area contributed by atoms with Crippen LogP contribution >= 0.6 is 0 Å². The molecule has 0 radical (unpaired) electrons. The minimum absolute atomic E-state index is 0.310. The van der Waals surface area contributed by atoms with Gasteiger partial charge in [-0.2, -0.15) is 0 Å². The van der Waals surface area contributed by atoms with Gasteiger partial charge in [-0.25, -0.2) is 19.9 Å². The van der Waals surface area contributed by atoms with Crippen LogP contribution in [0.2, 0.25) is 0 Å². The third kappa shape index (κ3) is 3.82. The summed E-state index contributed by atoms with van der Waals surface area (Å²) in [5.74, 6) is 2.59. The fourth-order valence-electron chi connectivity index (χ4n) is 6.52. The Morgan fingerprint density at radius 3 is 2.26 bits per heavy atom. The summed E-state index contributed by atoms with van der Waals surface area (Å²) in [7, 11) is 0. The maximum atomic E-state index is 4.89. The molecule has 8 rings (SSSR count). The fraction of sp³-hybridized carbons (Fsp3) is 0.312. The molecule has 38 heavy (non-hydrogen) atoms. The molecule has 0 amide bonds. The first-order chi connectivity index (χ1) is 18.8. The van der Waals surface area contributed by atoms with Crippen LogP contribution in [0.25, 0.3) is 44.2 Å². The summed E-state index contributed by atoms with van der Waals surface area (Å²) in [5, 5.41) is 5.95. The number of pyridine rings is 2. The highest BCUT2D eigenvalue weighted by Gasteiger charge is 2.26. The first-order valence-corrected chi connectivity index (χ1v) is 14.0. The van der Waals surface area contributed by atoms with Crippen LogP contribution in [-0.2, 0) is 6.42 Å². The highest BCUT2D eigenvalue weighted by atomic mass is 15.1. The van der Waals surface area contributed by atoms with Gasteiger partial charge in [0, 0.05) is 41.2 Å². The van der Waals surface area contributed by atoms with E-state index in [0.29, 0.717) is 12.0 Å². The number of nitrogens with zero attached hydrogens (tertiary/aromatic N) is 4. The van der Waals surface area contributed by atoms with Gasteiger partial charge in [-0.15, -0.1) is 0 Å². The third-order valence-corrected chi connectivity index (χ3v) is 8.64. The van der Waals surface area contributed by atoms with E-state index in [1.807, 2.05) is 12.4 Å². The van der Waals surface area contributed by atoms with Crippen LogP contribution in [0.15, 0.2) is 65.9 Å². The molecule has 3 aliphatic rings. The van der Waals surface area contributed by atoms with E-state index in [9.17, 15) is 0 Å². The van der Waals surface area contributed by atoms with Crippen molar-refractivity contribution in [2.45, 2.75) is 51.0 Å². The van der Waals surface area contributed by atoms with Gasteiger partial charge < -0.3 is 10.3 Å². The molecule has 2 aromatic carbocycles. The van der Waals surface area contributed by atoms with Crippen molar-refractivity contribution in [1.82, 2.24) is 25.3 Å². The summed E-state index contributed by atoms with van der Waals surface area (Å²) in [6, 6.07) is 18.1. The van der Waals surface area contributed by atoms with Crippen molar-refractivity contribution in [1.29, 1.82) is 0 Å². The van der Waals surface area contributed by atoms with Crippen molar-refractivity contribution in [3.63, 3.8) is 0 Å². The first-order valence-electron chi connectivity index (χ1n) is 14.0. The lowest BCUT2D eigenvalue weighted by Crippen LogP contribution is -2.14. The van der Waals surface area contributed by atoms with E-state index in [0.717, 1.165) is 53.3 Å². The Kier molecular flexibility index (Phi) is 5.15. The second kappa shape index (κ2) is 8.84. The Hall–Kier alpha value is -3.90. The van der Waals surface area contributed by atoms with Gasteiger partial charge >= 0.3 is 0 Å². The number of aliphatic imine (C=N–C) groups is 1. The molecule has 6 heteroatoms. The number of hydrogen-bond donors (Lipinski definition) is 2. The zero-order valence-corrected chi connectivity index (χ0v) is 21.4. The molecule has 2 aliphatic heterocycles. The number of imidazole rings is 1. The van der Waals surface area contributed by atoms with Crippen LogP contribution in [0.5, 0.6) is 0 Å². The number of aromatic nitrogens is 4. The predicted octanol–water partition coefficient (Wildman–Crippen LogP) is 7.08. The number of nitrogens with one attached hydrogen (secondary N) is 2. The quantitative estimate of drug-likeness (QED) is 0.277. The molecular formula is C32H30N6. The van der Waals surface area contributed by atoms with Crippen molar-refractivity contribution < 1.29 is 0 Å². The summed E-state index contributed by atoms with van der Waals surface area (Å²) in [5.41, 5.74) is 9.01. The Morgan fingerprint density at radius 2 is 1.50 bits per heavy atom. The second-order valence-corrected chi connectivity index (χ2v) is 11.1. The lowest BCUT2D eigenvalue weighted by Gasteiger charge is -2.08. The Bertz CT molecular complexity index is 1720. The summed E-state index contributed by atoms with van der Waals surface area (Å²) >= 11 is 0. The molecule has 1 saturated carbocycles. The summed E-state index contributed by atoms with van der Waals surface area (Å²) < 4.78 is 0. The van der Waals surface area contributed by atoms with Gasteiger partial charge in [0.2, 0.25) is 0 Å². The lowest BCUT2D eigenvalue weighted by molar-refractivity contribution is 0.614. The molecule has 0 unspecified atom stereocenters. The van der Waals surface area contributed by atoms with Crippen LogP contribution in [0.4, 0.5) is 5.82 Å². The lowest BCUT2D eigenvalue weighted by atomic mass is 9.96. The molecule has 5 aromatic rings. The van der Waals surface area contributed by atoms with E-state index in [4.69, 9.17) is 15.0 Å². The number of benzene rings is 2. The number of hydrogen-bond acceptors (Lipinski definition) is 5. The van der Waals surface area contributed by atoms with Crippen molar-refractivity contribution in [2.75, 3.05) is 6.54 Å². The highest BCUT2D eigenvalue weighted by molar-refractivity contribution is 5.96. The van der Waals surface area contributed by atoms with Crippen LogP contribution in [0, 0.1) is 5.92 Å². The van der Waals surface area contributed by atoms with Gasteiger partial charge in [-0.3, -0.25) is 0 Å². The molecule has 0 spiro atoms. The molecule has 0 bridgehead atoms. The number of fused-ring (bicyclic) bond motifs is 3. The largest absolute Gasteiger partial charge is 0.339 e. The van der Waals surface area contributed by atoms with Crippen LogP contribution in [0.3, 0.4) is 0 Å². The summed E-state index contributed by atoms with van der Waals surface area (Å²) in [4.78, 5) is 22.5. The summed E-state index contributed by atoms with van der Waals surface area (Å²) in [6.07, 6.45) is 12.4. The van der Waals surface area contributed by atoms with Gasteiger partial charge in [0.1, 0.15) is 5.82 Å². The van der Waals surface area contributed by atoms with Crippen molar-refractivity contribution in [3.05, 3.63) is 72.3 Å². The smallest absolute Gasteiger partial charge is 0.177 e. The van der Waals surface area contributed by atoms with E-state index in [-0.39, 0.29) is 0 Å². The number of H-pyrrole nitrogens is 1. The van der Waals surface area contributed by atoms with Gasteiger partial charge in [0.05, 0.1) is 11.6 Å². The molecule has 3 aromatic heterocycles. The maximum Gasteiger partial charge on any atom is 0.177 e. The normalized spacial score (nSPS) is 19.5. The highest BCUT2D eigenvalue weighted by Crippen LogP contribution is 2.36. The standard InChI is InChI=1S/C32H30N6/c1-2-5-19(4-1)28-15-24-14-25(17-34-30(24)36-28)22-9-7-21-13-23(10-8-20(21)12-22)26-16-29-31(35-18-26)38-32(37-29)27-6-3-11-33-27/h7-10,12-14,16-19,27,33H,1-6,11,15H2,(H,35,37,38)/t27-/m0/s1. The Balaban J connectivity index is 1.06. The van der Waals surface area contributed by atoms with E-state index in [1.54, 1.807) is 0 Å². The second-order valence-electron chi connectivity index (χ2n) is 11.1. The molecule has 2 fully saturated rings. The third-order valence-electron chi connectivity index (χ3n) is 8.64. The molecular weight excluding hydrogens is 468 g/mol. The molecule has 1 saturated heterocycles. The Labute approximate surface area is 221 Å². The predicted molar refractivity (Wildman–Crippen MR) is 153 cm³/mol. The zero-order valence-electron chi connectivity index (χ0n) is 21.4. The van der Waals surface area contributed by atoms with E-state index >= 15 is 0 Å². The average Bonchev–Trinajstić information content (AvgIpc) is 3.77. The molecule has 1 atom stereocenters. The van der Waals surface area contributed by atoms with Gasteiger partial charge in [0.25, 0.3) is 0 Å². The Morgan fingerprint density at radius 1 is 0.737 bits per heavy atom. The number of rotatable bonds is 4. The van der Waals surface area contributed by atoms with Crippen LogP contribution in [0.1, 0.15) is 56.0 Å². The molecule has 5 heterocycles. The van der Waals surface area contributed by atoms with Crippen LogP contribution in [-0.4, -0.2) is 32.2 Å². The molecule has 1 aliphatic carbocycles. The van der Waals surface area contributed by atoms with E-state index < -0.39 is 0 Å². The monoisotopic (exact) mass is 498 g/mol. The van der Waals surface area contributed by atoms with Crippen molar-refractivity contribution in [2.24, 2.45) is 10.9 Å². The van der Waals surface area contributed by atoms with E-state index in [2.05, 4.69) is 63.8 Å². The van der Waals surface area contributed by atoms with Gasteiger partial charge in [-0.1, -0.05) is 37.1 Å². The van der Waals surface area contributed by atoms with E-state index in [1.165, 1.54) is 65.3 Å². The van der Waals surface area contributed by atoms with Crippen molar-refractivity contribution >= 4 is 33.5 Å². The molecule has 2 N–H and O–H groups in total. The molecule has 188 valence electrons. The SMILES string of the molecule is c1cc2cc(-c3cnc4nc([C@@H]5CCCN5)[nH]c4c3)ccc2cc1-c1cnc2c(c1)CC(C1CCCC1)=N2. The number of aromatic amines is 1. The van der Waals surface area contributed by atoms with Crippen molar-refractivity contribution in [3.8, 4) is 22.3 Å². The average molecular weight is 499 g/mol. The minimum Gasteiger partial charge on any atom is -0.339 e. The summed E-state index contributed by atoms with van der Waals surface area (Å²) in [6.45, 7) is 1.05. The topological polar surface area (TPSA) is 78.9 Å². The van der Waals surface area contributed by atoms with Crippen LogP contribution < -0.4 is 5.32 Å². The zero-order chi connectivity index (χ0) is 25.1. The molecule has 6 nitrogen and oxygen atoms in total.